The molecule has 0 atom stereocenters. The molecule has 0 fully saturated rings. The lowest BCUT2D eigenvalue weighted by molar-refractivity contribution is -0.121. The van der Waals surface area contributed by atoms with Gasteiger partial charge in [-0.25, -0.2) is 9.98 Å². The summed E-state index contributed by atoms with van der Waals surface area (Å²) in [5.41, 5.74) is 0.125. The third-order valence-corrected chi connectivity index (χ3v) is 2.98. The van der Waals surface area contributed by atoms with Gasteiger partial charge in [-0.2, -0.15) is 4.98 Å². The second-order valence-electron chi connectivity index (χ2n) is 5.10. The van der Waals surface area contributed by atoms with Crippen molar-refractivity contribution in [3.8, 4) is 0 Å². The van der Waals surface area contributed by atoms with Crippen LogP contribution in [0.15, 0.2) is 16.1 Å². The lowest BCUT2D eigenvalue weighted by atomic mass is 10.5. The van der Waals surface area contributed by atoms with E-state index in [0.29, 0.717) is 0 Å². The molecule has 2 rings (SSSR count). The Morgan fingerprint density at radius 3 is 2.91 bits per heavy atom. The van der Waals surface area contributed by atoms with E-state index >= 15 is 0 Å². The van der Waals surface area contributed by atoms with Crippen molar-refractivity contribution in [1.82, 2.24) is 29.3 Å². The van der Waals surface area contributed by atoms with E-state index < -0.39 is 0 Å². The van der Waals surface area contributed by atoms with Crippen LogP contribution in [0.2, 0.25) is 0 Å². The number of fused-ring (bicyclic) bond motifs is 1. The van der Waals surface area contributed by atoms with Crippen molar-refractivity contribution in [2.75, 3.05) is 27.2 Å². The highest BCUT2D eigenvalue weighted by molar-refractivity contribution is 5.79. The first kappa shape index (κ1) is 16.6. The van der Waals surface area contributed by atoms with E-state index in [1.807, 2.05) is 0 Å². The van der Waals surface area contributed by atoms with Gasteiger partial charge in [0, 0.05) is 27.7 Å². The van der Waals surface area contributed by atoms with Gasteiger partial charge < -0.3 is 19.9 Å². The van der Waals surface area contributed by atoms with E-state index in [4.69, 9.17) is 5.11 Å². The summed E-state index contributed by atoms with van der Waals surface area (Å²) >= 11 is 0. The van der Waals surface area contributed by atoms with Crippen molar-refractivity contribution < 1.29 is 9.90 Å². The molecule has 1 amide bonds. The molecule has 2 heterocycles. The minimum Gasteiger partial charge on any atom is -0.395 e. The number of aliphatic imine (C=N–C) groups is 1. The predicted molar refractivity (Wildman–Crippen MR) is 84.7 cm³/mol. The molecule has 2 aromatic rings. The average Bonchev–Trinajstić information content (AvgIpc) is 2.90. The zero-order valence-electron chi connectivity index (χ0n) is 13.2. The fraction of sp³-hybridized carbons (Fsp3) is 0.462. The lowest BCUT2D eigenvalue weighted by Crippen LogP contribution is -2.30. The van der Waals surface area contributed by atoms with Crippen LogP contribution in [0, 0.1) is 0 Å². The van der Waals surface area contributed by atoms with E-state index in [9.17, 15) is 9.59 Å². The topological polar surface area (TPSA) is 118 Å². The summed E-state index contributed by atoms with van der Waals surface area (Å²) in [5, 5.41) is 11.2. The molecule has 124 valence electrons. The summed E-state index contributed by atoms with van der Waals surface area (Å²) in [6.45, 7) is -0.0227. The second-order valence-corrected chi connectivity index (χ2v) is 5.10. The van der Waals surface area contributed by atoms with Gasteiger partial charge in [0.15, 0.2) is 11.2 Å². The molecule has 0 aliphatic heterocycles. The molecule has 10 nitrogen and oxygen atoms in total. The SMILES string of the molecule is CN(C)/C=N/c1nc2c(ncn2CC(=O)NCCO)c(=O)n1C. The zero-order chi connectivity index (χ0) is 17.0. The molecule has 0 saturated carbocycles. The largest absolute Gasteiger partial charge is 0.395 e. The first-order valence-electron chi connectivity index (χ1n) is 6.94. The maximum Gasteiger partial charge on any atom is 0.282 e. The van der Waals surface area contributed by atoms with Crippen LogP contribution in [0.25, 0.3) is 11.2 Å². The summed E-state index contributed by atoms with van der Waals surface area (Å²) in [6.07, 6.45) is 2.92. The molecule has 0 aliphatic rings. The number of amides is 1. The van der Waals surface area contributed by atoms with Gasteiger partial charge in [0.1, 0.15) is 6.54 Å². The van der Waals surface area contributed by atoms with Gasteiger partial charge in [-0.3, -0.25) is 14.2 Å². The van der Waals surface area contributed by atoms with Crippen molar-refractivity contribution >= 4 is 29.4 Å². The summed E-state index contributed by atoms with van der Waals surface area (Å²) in [4.78, 5) is 38.2. The van der Waals surface area contributed by atoms with Crippen LogP contribution < -0.4 is 10.9 Å². The standard InChI is InChI=1S/C13H19N7O3/c1-18(2)7-16-13-17-11-10(12(23)19(13)3)15-8-20(11)6-9(22)14-4-5-21/h7-8,21H,4-6H2,1-3H3,(H,14,22)/b16-7+. The van der Waals surface area contributed by atoms with Gasteiger partial charge in [-0.1, -0.05) is 0 Å². The summed E-state index contributed by atoms with van der Waals surface area (Å²) in [7, 11) is 5.16. The number of imidazole rings is 1. The maximum atomic E-state index is 12.3. The van der Waals surface area contributed by atoms with Crippen LogP contribution in [0.1, 0.15) is 0 Å². The molecule has 2 N–H and O–H groups in total. The molecule has 0 radical (unpaired) electrons. The highest BCUT2D eigenvalue weighted by Gasteiger charge is 2.14. The highest BCUT2D eigenvalue weighted by Crippen LogP contribution is 2.11. The van der Waals surface area contributed by atoms with E-state index in [2.05, 4.69) is 20.3 Å². The highest BCUT2D eigenvalue weighted by atomic mass is 16.3. The van der Waals surface area contributed by atoms with Gasteiger partial charge >= 0.3 is 0 Å². The number of hydrogen-bond donors (Lipinski definition) is 2. The van der Waals surface area contributed by atoms with Gasteiger partial charge in [-0.05, 0) is 0 Å². The molecule has 10 heteroatoms. The van der Waals surface area contributed by atoms with Crippen LogP contribution in [0.4, 0.5) is 5.95 Å². The van der Waals surface area contributed by atoms with Crippen LogP contribution >= 0.6 is 0 Å². The second kappa shape index (κ2) is 7.01. The molecular formula is C13H19N7O3. The number of nitrogens with one attached hydrogen (secondary N) is 1. The monoisotopic (exact) mass is 321 g/mol. The number of nitrogens with zero attached hydrogens (tertiary/aromatic N) is 6. The Kier molecular flexibility index (Phi) is 5.06. The van der Waals surface area contributed by atoms with Crippen LogP contribution in [-0.4, -0.2) is 68.6 Å². The normalized spacial score (nSPS) is 11.3. The zero-order valence-corrected chi connectivity index (χ0v) is 13.2. The Morgan fingerprint density at radius 2 is 2.26 bits per heavy atom. The van der Waals surface area contributed by atoms with Crippen molar-refractivity contribution in [3.05, 3.63) is 16.7 Å². The molecule has 0 aliphatic carbocycles. The smallest absolute Gasteiger partial charge is 0.282 e. The molecule has 23 heavy (non-hydrogen) atoms. The van der Waals surface area contributed by atoms with Crippen molar-refractivity contribution in [1.29, 1.82) is 0 Å². The number of carbonyl (C=O) groups excluding carboxylic acids is 1. The van der Waals surface area contributed by atoms with E-state index in [1.165, 1.54) is 21.8 Å². The Balaban J connectivity index is 2.41. The third-order valence-electron chi connectivity index (χ3n) is 2.98. The molecule has 0 unspecified atom stereocenters. The number of rotatable bonds is 6. The van der Waals surface area contributed by atoms with Crippen LogP contribution in [0.5, 0.6) is 0 Å². The number of aromatic nitrogens is 4. The van der Waals surface area contributed by atoms with E-state index in [-0.39, 0.29) is 48.3 Å². The van der Waals surface area contributed by atoms with Crippen molar-refractivity contribution in [2.45, 2.75) is 6.54 Å². The molecule has 0 spiro atoms. The van der Waals surface area contributed by atoms with Crippen LogP contribution in [-0.2, 0) is 18.4 Å². The minimum atomic E-state index is -0.338. The van der Waals surface area contributed by atoms with E-state index in [1.54, 1.807) is 26.0 Å². The fourth-order valence-electron chi connectivity index (χ4n) is 1.87. The van der Waals surface area contributed by atoms with E-state index in [0.717, 1.165) is 0 Å². The number of aliphatic hydroxyl groups is 1. The first-order chi connectivity index (χ1) is 10.9. The quantitative estimate of drug-likeness (QED) is 0.492. The van der Waals surface area contributed by atoms with Gasteiger partial charge in [0.2, 0.25) is 11.9 Å². The molecule has 2 aromatic heterocycles. The molecule has 0 bridgehead atoms. The third kappa shape index (κ3) is 3.72. The minimum absolute atomic E-state index is 0.0481. The molecule has 0 saturated heterocycles. The number of hydrogen-bond acceptors (Lipinski definition) is 6. The van der Waals surface area contributed by atoms with Gasteiger partial charge in [0.25, 0.3) is 5.56 Å². The Morgan fingerprint density at radius 1 is 1.52 bits per heavy atom. The Hall–Kier alpha value is -2.75. The number of carbonyl (C=O) groups is 1. The fourth-order valence-corrected chi connectivity index (χ4v) is 1.87. The summed E-state index contributed by atoms with van der Waals surface area (Å²) in [6, 6.07) is 0. The molecule has 0 aromatic carbocycles. The average molecular weight is 321 g/mol. The van der Waals surface area contributed by atoms with Crippen molar-refractivity contribution in [2.24, 2.45) is 12.0 Å². The lowest BCUT2D eigenvalue weighted by Gasteiger charge is -2.07. The molecular weight excluding hydrogens is 302 g/mol. The maximum absolute atomic E-state index is 12.3. The Labute approximate surface area is 132 Å². The predicted octanol–water partition coefficient (Wildman–Crippen LogP) is -1.54. The van der Waals surface area contributed by atoms with Gasteiger partial charge in [-0.15, -0.1) is 0 Å². The summed E-state index contributed by atoms with van der Waals surface area (Å²) < 4.78 is 2.77. The Bertz CT molecular complexity index is 791. The number of aliphatic hydroxyl groups excluding tert-OH is 1. The van der Waals surface area contributed by atoms with Crippen molar-refractivity contribution in [3.63, 3.8) is 0 Å². The summed E-state index contributed by atoms with van der Waals surface area (Å²) in [5.74, 6) is -0.0899. The van der Waals surface area contributed by atoms with Crippen LogP contribution in [0.3, 0.4) is 0 Å². The van der Waals surface area contributed by atoms with Gasteiger partial charge in [0.05, 0.1) is 19.3 Å². The first-order valence-corrected chi connectivity index (χ1v) is 6.94.